The van der Waals surface area contributed by atoms with Crippen molar-refractivity contribution in [2.75, 3.05) is 13.2 Å². The van der Waals surface area contributed by atoms with Gasteiger partial charge in [-0.15, -0.1) is 0 Å². The molecule has 144 valence electrons. The molecule has 0 rings (SSSR count). The monoisotopic (exact) mass is 342 g/mol. The molecule has 0 bridgehead atoms. The Hall–Kier alpha value is -0.410. The number of Topliss-reactive ketones (excluding diaryl/α,β-unsaturated/α-hetero) is 1. The molecule has 0 heterocycles. The van der Waals surface area contributed by atoms with Crippen molar-refractivity contribution >= 4 is 5.78 Å². The maximum atomic E-state index is 11.6. The Balaban J connectivity index is 3.16. The molecule has 0 aromatic carbocycles. The molecule has 0 aliphatic carbocycles. The minimum Gasteiger partial charge on any atom is -0.396 e. The number of carbonyl (C=O) groups excluding carboxylic acids is 1. The molecule has 0 atom stereocenters. The van der Waals surface area contributed by atoms with Gasteiger partial charge in [0.15, 0.2) is 0 Å². The first-order chi connectivity index (χ1) is 11.8. The molecule has 0 radical (unpaired) electrons. The fourth-order valence-corrected chi connectivity index (χ4v) is 3.14. The molecule has 0 aromatic heterocycles. The van der Waals surface area contributed by atoms with Crippen LogP contribution in [0.3, 0.4) is 0 Å². The van der Waals surface area contributed by atoms with Gasteiger partial charge in [-0.1, -0.05) is 96.8 Å². The zero-order chi connectivity index (χ0) is 17.9. The van der Waals surface area contributed by atoms with Crippen LogP contribution in [0.25, 0.3) is 0 Å². The van der Waals surface area contributed by atoms with E-state index >= 15 is 0 Å². The minimum atomic E-state index is -0.559. The zero-order valence-electron chi connectivity index (χ0n) is 16.1. The van der Waals surface area contributed by atoms with Crippen molar-refractivity contribution in [3.8, 4) is 0 Å². The fraction of sp³-hybridized carbons (Fsp3) is 0.952. The van der Waals surface area contributed by atoms with Crippen molar-refractivity contribution in [1.29, 1.82) is 0 Å². The molecule has 3 heteroatoms. The smallest absolute Gasteiger partial charge is 0.140 e. The van der Waals surface area contributed by atoms with Gasteiger partial charge in [-0.05, 0) is 6.42 Å². The van der Waals surface area contributed by atoms with Gasteiger partial charge < -0.3 is 10.2 Å². The number of rotatable bonds is 19. The summed E-state index contributed by atoms with van der Waals surface area (Å²) in [5.41, 5.74) is 0. The first-order valence-corrected chi connectivity index (χ1v) is 10.5. The van der Waals surface area contributed by atoms with Gasteiger partial charge in [-0.2, -0.15) is 0 Å². The van der Waals surface area contributed by atoms with E-state index in [2.05, 4.69) is 6.92 Å². The number of ketones is 1. The summed E-state index contributed by atoms with van der Waals surface area (Å²) in [4.78, 5) is 11.6. The summed E-state index contributed by atoms with van der Waals surface area (Å²) in [7, 11) is 0. The highest BCUT2D eigenvalue weighted by atomic mass is 16.3. The van der Waals surface area contributed by atoms with Crippen molar-refractivity contribution in [3.05, 3.63) is 0 Å². The normalized spacial score (nSPS) is 11.3. The van der Waals surface area contributed by atoms with Gasteiger partial charge in [0.25, 0.3) is 0 Å². The standard InChI is InChI=1S/C21H42O3/c1-2-3-4-5-6-7-8-9-10-11-12-13-14-15-16-17-21(24)20(18-22)19-23/h20,22-23H,2-19H2,1H3. The average Bonchev–Trinajstić information content (AvgIpc) is 2.59. The van der Waals surface area contributed by atoms with Crippen LogP contribution in [0.1, 0.15) is 110 Å². The third-order valence-electron chi connectivity index (χ3n) is 4.92. The van der Waals surface area contributed by atoms with E-state index in [1.165, 1.54) is 83.5 Å². The van der Waals surface area contributed by atoms with Gasteiger partial charge in [0.2, 0.25) is 0 Å². The van der Waals surface area contributed by atoms with Gasteiger partial charge >= 0.3 is 0 Å². The van der Waals surface area contributed by atoms with Crippen LogP contribution in [0.15, 0.2) is 0 Å². The summed E-state index contributed by atoms with van der Waals surface area (Å²) in [5.74, 6) is -0.550. The average molecular weight is 343 g/mol. The molecular formula is C21H42O3. The maximum absolute atomic E-state index is 11.6. The van der Waals surface area contributed by atoms with Crippen LogP contribution in [-0.2, 0) is 4.79 Å². The molecule has 0 spiro atoms. The lowest BCUT2D eigenvalue weighted by atomic mass is 9.99. The molecule has 24 heavy (non-hydrogen) atoms. The van der Waals surface area contributed by atoms with E-state index in [1.54, 1.807) is 0 Å². The van der Waals surface area contributed by atoms with Crippen LogP contribution in [0.5, 0.6) is 0 Å². The molecule has 0 aliphatic rings. The molecule has 0 saturated heterocycles. The highest BCUT2D eigenvalue weighted by molar-refractivity contribution is 5.81. The summed E-state index contributed by atoms with van der Waals surface area (Å²) in [6.07, 6.45) is 20.2. The quantitative estimate of drug-likeness (QED) is 0.308. The first-order valence-electron chi connectivity index (χ1n) is 10.5. The van der Waals surface area contributed by atoms with Crippen molar-refractivity contribution in [2.45, 2.75) is 110 Å². The van der Waals surface area contributed by atoms with Crippen LogP contribution >= 0.6 is 0 Å². The molecule has 0 amide bonds. The van der Waals surface area contributed by atoms with E-state index in [-0.39, 0.29) is 19.0 Å². The van der Waals surface area contributed by atoms with E-state index in [0.29, 0.717) is 6.42 Å². The molecular weight excluding hydrogens is 300 g/mol. The molecule has 0 unspecified atom stereocenters. The Morgan fingerprint density at radius 3 is 1.29 bits per heavy atom. The largest absolute Gasteiger partial charge is 0.396 e. The fourth-order valence-electron chi connectivity index (χ4n) is 3.14. The number of hydrogen-bond acceptors (Lipinski definition) is 3. The first kappa shape index (κ1) is 23.6. The van der Waals surface area contributed by atoms with E-state index < -0.39 is 5.92 Å². The topological polar surface area (TPSA) is 57.5 Å². The van der Waals surface area contributed by atoms with Crippen molar-refractivity contribution in [1.82, 2.24) is 0 Å². The number of unbranched alkanes of at least 4 members (excludes halogenated alkanes) is 14. The van der Waals surface area contributed by atoms with Gasteiger partial charge in [-0.3, -0.25) is 4.79 Å². The number of hydrogen-bond donors (Lipinski definition) is 2. The highest BCUT2D eigenvalue weighted by Gasteiger charge is 2.15. The Labute approximate surface area is 150 Å². The maximum Gasteiger partial charge on any atom is 0.140 e. The number of carbonyl (C=O) groups is 1. The van der Waals surface area contributed by atoms with E-state index in [4.69, 9.17) is 10.2 Å². The van der Waals surface area contributed by atoms with Crippen molar-refractivity contribution in [3.63, 3.8) is 0 Å². The predicted molar refractivity (Wildman–Crippen MR) is 102 cm³/mol. The summed E-state index contributed by atoms with van der Waals surface area (Å²) < 4.78 is 0. The lowest BCUT2D eigenvalue weighted by Gasteiger charge is -2.09. The van der Waals surface area contributed by atoms with Gasteiger partial charge in [0.05, 0.1) is 19.1 Å². The second kappa shape index (κ2) is 18.9. The molecule has 2 N–H and O–H groups in total. The van der Waals surface area contributed by atoms with E-state index in [1.807, 2.05) is 0 Å². The molecule has 0 aromatic rings. The van der Waals surface area contributed by atoms with Crippen LogP contribution in [0, 0.1) is 5.92 Å². The number of aliphatic hydroxyl groups excluding tert-OH is 2. The summed E-state index contributed by atoms with van der Waals surface area (Å²) >= 11 is 0. The number of aliphatic hydroxyl groups is 2. The summed E-state index contributed by atoms with van der Waals surface area (Å²) in [6.45, 7) is 1.81. The summed E-state index contributed by atoms with van der Waals surface area (Å²) in [6, 6.07) is 0. The second-order valence-electron chi connectivity index (χ2n) is 7.23. The lowest BCUT2D eigenvalue weighted by Crippen LogP contribution is -2.21. The van der Waals surface area contributed by atoms with E-state index in [9.17, 15) is 4.79 Å². The molecule has 3 nitrogen and oxygen atoms in total. The van der Waals surface area contributed by atoms with Crippen LogP contribution in [0.2, 0.25) is 0 Å². The minimum absolute atomic E-state index is 0.00898. The molecule has 0 saturated carbocycles. The van der Waals surface area contributed by atoms with Crippen molar-refractivity contribution in [2.24, 2.45) is 5.92 Å². The third kappa shape index (κ3) is 15.1. The zero-order valence-corrected chi connectivity index (χ0v) is 16.1. The van der Waals surface area contributed by atoms with Gasteiger partial charge in [0.1, 0.15) is 5.78 Å². The van der Waals surface area contributed by atoms with Crippen molar-refractivity contribution < 1.29 is 15.0 Å². The predicted octanol–water partition coefficient (Wildman–Crippen LogP) is 5.42. The van der Waals surface area contributed by atoms with Gasteiger partial charge in [-0.25, -0.2) is 0 Å². The van der Waals surface area contributed by atoms with Crippen LogP contribution < -0.4 is 0 Å². The van der Waals surface area contributed by atoms with Crippen LogP contribution in [-0.4, -0.2) is 29.2 Å². The lowest BCUT2D eigenvalue weighted by molar-refractivity contribution is -0.125. The van der Waals surface area contributed by atoms with Gasteiger partial charge in [0, 0.05) is 6.42 Å². The molecule has 0 aliphatic heterocycles. The Kier molecular flexibility index (Phi) is 18.6. The molecule has 0 fully saturated rings. The Morgan fingerprint density at radius 2 is 0.958 bits per heavy atom. The van der Waals surface area contributed by atoms with E-state index in [0.717, 1.165) is 12.8 Å². The highest BCUT2D eigenvalue weighted by Crippen LogP contribution is 2.14. The summed E-state index contributed by atoms with van der Waals surface area (Å²) in [5, 5.41) is 17.9. The third-order valence-corrected chi connectivity index (χ3v) is 4.92. The Morgan fingerprint density at radius 1 is 0.625 bits per heavy atom. The van der Waals surface area contributed by atoms with Crippen LogP contribution in [0.4, 0.5) is 0 Å². The SMILES string of the molecule is CCCCCCCCCCCCCCCCCC(=O)C(CO)CO. The Bertz CT molecular complexity index is 262. The second-order valence-corrected chi connectivity index (χ2v) is 7.23.